The predicted octanol–water partition coefficient (Wildman–Crippen LogP) is 2.02. The van der Waals surface area contributed by atoms with Gasteiger partial charge in [-0.2, -0.15) is 4.98 Å². The second kappa shape index (κ2) is 7.85. The summed E-state index contributed by atoms with van der Waals surface area (Å²) in [5, 5.41) is 9.61. The molecule has 3 N–H and O–H groups in total. The molecule has 0 atom stereocenters. The number of anilines is 3. The summed E-state index contributed by atoms with van der Waals surface area (Å²) in [7, 11) is 0. The number of nitrogens with zero attached hydrogens (tertiary/aromatic N) is 3. The summed E-state index contributed by atoms with van der Waals surface area (Å²) in [6.45, 7) is 5.10. The first-order valence-corrected chi connectivity index (χ1v) is 7.82. The lowest BCUT2D eigenvalue weighted by Crippen LogP contribution is -2.24. The lowest BCUT2D eigenvalue weighted by molar-refractivity contribution is 0.333. The Labute approximate surface area is 135 Å². The summed E-state index contributed by atoms with van der Waals surface area (Å²) in [5.41, 5.74) is 0.628. The average molecular weight is 316 g/mol. The molecule has 0 amide bonds. The van der Waals surface area contributed by atoms with Crippen LogP contribution in [0.5, 0.6) is 0 Å². The Morgan fingerprint density at radius 1 is 1.30 bits per heavy atom. The average Bonchev–Trinajstić information content (AvgIpc) is 3.05. The fourth-order valence-electron chi connectivity index (χ4n) is 2.48. The number of hydrogen-bond acceptors (Lipinski definition) is 6. The number of rotatable bonds is 7. The summed E-state index contributed by atoms with van der Waals surface area (Å²) in [5.74, 6) is 0.920. The number of nitrogens with one attached hydrogen (secondary N) is 3. The molecule has 1 aliphatic heterocycles. The molecule has 2 aromatic rings. The standard InChI is InChI=1S/C16H21FN6/c17-13-3-1-4-14(11-13)21-16-20-7-5-15(22-16)19-6-2-9-23-10-8-18-12-23/h1,3-5,7,11,18H,2,6,8-10,12H2,(H2,19,20,21,22). The third-order valence-corrected chi connectivity index (χ3v) is 3.63. The van der Waals surface area contributed by atoms with Gasteiger partial charge in [0.2, 0.25) is 5.95 Å². The highest BCUT2D eigenvalue weighted by Crippen LogP contribution is 2.15. The second-order valence-corrected chi connectivity index (χ2v) is 5.46. The van der Waals surface area contributed by atoms with E-state index in [1.54, 1.807) is 18.3 Å². The van der Waals surface area contributed by atoms with E-state index in [9.17, 15) is 4.39 Å². The molecule has 7 heteroatoms. The van der Waals surface area contributed by atoms with Gasteiger partial charge in [0.1, 0.15) is 11.6 Å². The van der Waals surface area contributed by atoms with Gasteiger partial charge < -0.3 is 16.0 Å². The van der Waals surface area contributed by atoms with Gasteiger partial charge in [0, 0.05) is 44.7 Å². The monoisotopic (exact) mass is 316 g/mol. The van der Waals surface area contributed by atoms with Crippen LogP contribution >= 0.6 is 0 Å². The highest BCUT2D eigenvalue weighted by molar-refractivity contribution is 5.54. The molecule has 1 fully saturated rings. The third kappa shape index (κ3) is 4.87. The Kier molecular flexibility index (Phi) is 5.33. The maximum absolute atomic E-state index is 13.2. The first-order chi connectivity index (χ1) is 11.3. The van der Waals surface area contributed by atoms with E-state index >= 15 is 0 Å². The fourth-order valence-corrected chi connectivity index (χ4v) is 2.48. The molecule has 3 rings (SSSR count). The van der Waals surface area contributed by atoms with Gasteiger partial charge in [-0.15, -0.1) is 0 Å². The lowest BCUT2D eigenvalue weighted by atomic mass is 10.3. The van der Waals surface area contributed by atoms with Crippen molar-refractivity contribution in [1.82, 2.24) is 20.2 Å². The van der Waals surface area contributed by atoms with Crippen LogP contribution in [0.4, 0.5) is 21.8 Å². The van der Waals surface area contributed by atoms with Crippen molar-refractivity contribution in [2.24, 2.45) is 0 Å². The maximum Gasteiger partial charge on any atom is 0.229 e. The van der Waals surface area contributed by atoms with Gasteiger partial charge in [0.15, 0.2) is 0 Å². The van der Waals surface area contributed by atoms with E-state index in [0.29, 0.717) is 11.6 Å². The second-order valence-electron chi connectivity index (χ2n) is 5.46. The Hall–Kier alpha value is -2.25. The molecule has 0 aliphatic carbocycles. The van der Waals surface area contributed by atoms with Crippen LogP contribution in [-0.2, 0) is 0 Å². The van der Waals surface area contributed by atoms with Gasteiger partial charge in [0.05, 0.1) is 0 Å². The smallest absolute Gasteiger partial charge is 0.229 e. The minimum Gasteiger partial charge on any atom is -0.370 e. The van der Waals surface area contributed by atoms with Gasteiger partial charge >= 0.3 is 0 Å². The predicted molar refractivity (Wildman–Crippen MR) is 89.3 cm³/mol. The Morgan fingerprint density at radius 3 is 3.09 bits per heavy atom. The Morgan fingerprint density at radius 2 is 2.26 bits per heavy atom. The van der Waals surface area contributed by atoms with Crippen molar-refractivity contribution in [2.75, 3.05) is 43.5 Å². The molecule has 2 heterocycles. The highest BCUT2D eigenvalue weighted by Gasteiger charge is 2.09. The number of hydrogen-bond donors (Lipinski definition) is 3. The molecule has 122 valence electrons. The van der Waals surface area contributed by atoms with Crippen molar-refractivity contribution in [3.05, 3.63) is 42.3 Å². The van der Waals surface area contributed by atoms with E-state index in [-0.39, 0.29) is 5.82 Å². The quantitative estimate of drug-likeness (QED) is 0.679. The van der Waals surface area contributed by atoms with Gasteiger partial charge in [0.25, 0.3) is 0 Å². The summed E-state index contributed by atoms with van der Waals surface area (Å²) in [6, 6.07) is 8.06. The Bertz CT molecular complexity index is 629. The zero-order chi connectivity index (χ0) is 15.9. The summed E-state index contributed by atoms with van der Waals surface area (Å²) >= 11 is 0. The molecule has 1 aromatic heterocycles. The maximum atomic E-state index is 13.2. The molecule has 0 radical (unpaired) electrons. The first-order valence-electron chi connectivity index (χ1n) is 7.82. The van der Waals surface area contributed by atoms with Crippen molar-refractivity contribution in [1.29, 1.82) is 0 Å². The van der Waals surface area contributed by atoms with Crippen LogP contribution in [0.1, 0.15) is 6.42 Å². The molecular formula is C16H21FN6. The third-order valence-electron chi connectivity index (χ3n) is 3.63. The Balaban J connectivity index is 1.48. The van der Waals surface area contributed by atoms with Crippen molar-refractivity contribution >= 4 is 17.5 Å². The van der Waals surface area contributed by atoms with Crippen molar-refractivity contribution in [2.45, 2.75) is 6.42 Å². The molecule has 6 nitrogen and oxygen atoms in total. The molecule has 0 unspecified atom stereocenters. The van der Waals surface area contributed by atoms with Gasteiger partial charge in [-0.25, -0.2) is 9.37 Å². The first kappa shape index (κ1) is 15.6. The molecule has 0 spiro atoms. The normalized spacial score (nSPS) is 14.8. The van der Waals surface area contributed by atoms with Crippen molar-refractivity contribution in [3.8, 4) is 0 Å². The van der Waals surface area contributed by atoms with Crippen molar-refractivity contribution < 1.29 is 4.39 Å². The fraction of sp³-hybridized carbons (Fsp3) is 0.375. The van der Waals surface area contributed by atoms with E-state index in [1.165, 1.54) is 12.1 Å². The highest BCUT2D eigenvalue weighted by atomic mass is 19.1. The van der Waals surface area contributed by atoms with Crippen LogP contribution in [0.15, 0.2) is 36.5 Å². The number of benzene rings is 1. The zero-order valence-corrected chi connectivity index (χ0v) is 12.9. The van der Waals surface area contributed by atoms with Crippen LogP contribution in [0.25, 0.3) is 0 Å². The molecule has 23 heavy (non-hydrogen) atoms. The van der Waals surface area contributed by atoms with E-state index in [1.807, 2.05) is 6.07 Å². The molecule has 0 saturated carbocycles. The van der Waals surface area contributed by atoms with Crippen LogP contribution in [0, 0.1) is 5.82 Å². The minimum atomic E-state index is -0.291. The van der Waals surface area contributed by atoms with Crippen LogP contribution in [0.3, 0.4) is 0 Å². The number of aromatic nitrogens is 2. The lowest BCUT2D eigenvalue weighted by Gasteiger charge is -2.14. The van der Waals surface area contributed by atoms with Gasteiger partial charge in [-0.3, -0.25) is 4.90 Å². The van der Waals surface area contributed by atoms with Crippen molar-refractivity contribution in [3.63, 3.8) is 0 Å². The van der Waals surface area contributed by atoms with Crippen LogP contribution in [0.2, 0.25) is 0 Å². The molecular weight excluding hydrogens is 295 g/mol. The topological polar surface area (TPSA) is 65.1 Å². The summed E-state index contributed by atoms with van der Waals surface area (Å²) in [6.07, 6.45) is 2.74. The minimum absolute atomic E-state index is 0.291. The van der Waals surface area contributed by atoms with E-state index in [4.69, 9.17) is 0 Å². The van der Waals surface area contributed by atoms with Gasteiger partial charge in [-0.1, -0.05) is 6.07 Å². The SMILES string of the molecule is Fc1cccc(Nc2nccc(NCCCN3CCNC3)n2)c1. The van der Waals surface area contributed by atoms with Crippen LogP contribution in [-0.4, -0.2) is 47.7 Å². The summed E-state index contributed by atoms with van der Waals surface area (Å²) in [4.78, 5) is 10.9. The van der Waals surface area contributed by atoms with Gasteiger partial charge in [-0.05, 0) is 30.7 Å². The van der Waals surface area contributed by atoms with E-state index in [0.717, 1.165) is 45.1 Å². The molecule has 1 aromatic carbocycles. The summed E-state index contributed by atoms with van der Waals surface area (Å²) < 4.78 is 13.2. The number of halogens is 1. The molecule has 1 aliphatic rings. The van der Waals surface area contributed by atoms with Crippen LogP contribution < -0.4 is 16.0 Å². The van der Waals surface area contributed by atoms with E-state index in [2.05, 4.69) is 30.8 Å². The molecule has 0 bridgehead atoms. The largest absolute Gasteiger partial charge is 0.370 e. The zero-order valence-electron chi connectivity index (χ0n) is 12.9. The van der Waals surface area contributed by atoms with E-state index < -0.39 is 0 Å². The molecule has 1 saturated heterocycles.